The lowest BCUT2D eigenvalue weighted by Crippen LogP contribution is -2.24. The summed E-state index contributed by atoms with van der Waals surface area (Å²) in [7, 11) is 0. The van der Waals surface area contributed by atoms with Crippen molar-refractivity contribution < 1.29 is 0 Å². The first-order valence-corrected chi connectivity index (χ1v) is 7.24. The molecule has 0 amide bonds. The molecular formula is C18H21N3. The van der Waals surface area contributed by atoms with E-state index in [9.17, 15) is 0 Å². The van der Waals surface area contributed by atoms with Crippen LogP contribution < -0.4 is 10.6 Å². The molecule has 0 heterocycles. The smallest absolute Gasteiger partial charge is 0.0991 e. The third-order valence-corrected chi connectivity index (χ3v) is 3.60. The standard InChI is InChI=1S/C18H21N3/c1-3-10-21(18-7-5-4-6-17(18)20)13-16-9-8-15(12-19)11-14(16)2/h4-9,11H,3,10,13,20H2,1-2H3. The van der Waals surface area contributed by atoms with E-state index >= 15 is 0 Å². The van der Waals surface area contributed by atoms with Crippen molar-refractivity contribution in [1.82, 2.24) is 0 Å². The van der Waals surface area contributed by atoms with Crippen LogP contribution in [0.4, 0.5) is 11.4 Å². The number of aryl methyl sites for hydroxylation is 1. The summed E-state index contributed by atoms with van der Waals surface area (Å²) >= 11 is 0. The van der Waals surface area contributed by atoms with Crippen molar-refractivity contribution in [1.29, 1.82) is 5.26 Å². The first kappa shape index (κ1) is 14.9. The second-order valence-corrected chi connectivity index (χ2v) is 5.23. The second kappa shape index (κ2) is 6.81. The molecule has 0 aliphatic heterocycles. The molecule has 3 heteroatoms. The van der Waals surface area contributed by atoms with Gasteiger partial charge in [0.1, 0.15) is 0 Å². The SMILES string of the molecule is CCCN(Cc1ccc(C#N)cc1C)c1ccccc1N. The quantitative estimate of drug-likeness (QED) is 0.845. The highest BCUT2D eigenvalue weighted by atomic mass is 15.1. The lowest BCUT2D eigenvalue weighted by Gasteiger charge is -2.26. The Labute approximate surface area is 126 Å². The monoisotopic (exact) mass is 279 g/mol. The first-order chi connectivity index (χ1) is 10.2. The fourth-order valence-electron chi connectivity index (χ4n) is 2.48. The molecule has 0 saturated carbocycles. The molecule has 21 heavy (non-hydrogen) atoms. The third kappa shape index (κ3) is 3.55. The van der Waals surface area contributed by atoms with Crippen molar-refractivity contribution in [3.8, 4) is 6.07 Å². The number of hydrogen-bond acceptors (Lipinski definition) is 3. The number of nitrogens with zero attached hydrogens (tertiary/aromatic N) is 2. The summed E-state index contributed by atoms with van der Waals surface area (Å²) in [5.74, 6) is 0. The Balaban J connectivity index is 2.29. The first-order valence-electron chi connectivity index (χ1n) is 7.24. The van der Waals surface area contributed by atoms with Crippen molar-refractivity contribution in [3.63, 3.8) is 0 Å². The van der Waals surface area contributed by atoms with Crippen LogP contribution in [0, 0.1) is 18.3 Å². The molecule has 108 valence electrons. The van der Waals surface area contributed by atoms with E-state index in [1.165, 1.54) is 5.56 Å². The van der Waals surface area contributed by atoms with Crippen molar-refractivity contribution in [2.24, 2.45) is 0 Å². The molecular weight excluding hydrogens is 258 g/mol. The average molecular weight is 279 g/mol. The number of nitrogen functional groups attached to an aromatic ring is 1. The van der Waals surface area contributed by atoms with Gasteiger partial charge in [-0.2, -0.15) is 5.26 Å². The molecule has 0 aromatic heterocycles. The number of para-hydroxylation sites is 2. The summed E-state index contributed by atoms with van der Waals surface area (Å²) in [4.78, 5) is 2.30. The van der Waals surface area contributed by atoms with Crippen LogP contribution in [0.15, 0.2) is 42.5 Å². The third-order valence-electron chi connectivity index (χ3n) is 3.60. The average Bonchev–Trinajstić information content (AvgIpc) is 2.49. The van der Waals surface area contributed by atoms with Gasteiger partial charge in [0.25, 0.3) is 0 Å². The lowest BCUT2D eigenvalue weighted by atomic mass is 10.0. The molecule has 0 bridgehead atoms. The Bertz CT molecular complexity index is 656. The number of anilines is 2. The molecule has 2 aromatic carbocycles. The lowest BCUT2D eigenvalue weighted by molar-refractivity contribution is 0.766. The number of benzene rings is 2. The summed E-state index contributed by atoms with van der Waals surface area (Å²) < 4.78 is 0. The van der Waals surface area contributed by atoms with Crippen LogP contribution in [0.5, 0.6) is 0 Å². The summed E-state index contributed by atoms with van der Waals surface area (Å²) in [5, 5.41) is 8.96. The molecule has 0 atom stereocenters. The minimum atomic E-state index is 0.706. The molecule has 2 rings (SSSR count). The summed E-state index contributed by atoms with van der Waals surface area (Å²) in [6.45, 7) is 5.97. The van der Waals surface area contributed by atoms with E-state index in [1.54, 1.807) is 0 Å². The minimum Gasteiger partial charge on any atom is -0.397 e. The number of nitriles is 1. The van der Waals surface area contributed by atoms with E-state index in [4.69, 9.17) is 11.0 Å². The van der Waals surface area contributed by atoms with Crippen molar-refractivity contribution >= 4 is 11.4 Å². The number of hydrogen-bond donors (Lipinski definition) is 1. The molecule has 0 spiro atoms. The molecule has 0 radical (unpaired) electrons. The van der Waals surface area contributed by atoms with Gasteiger partial charge in [0, 0.05) is 13.1 Å². The maximum Gasteiger partial charge on any atom is 0.0991 e. The summed E-state index contributed by atoms with van der Waals surface area (Å²) in [5.41, 5.74) is 11.1. The molecule has 0 fully saturated rings. The second-order valence-electron chi connectivity index (χ2n) is 5.23. The van der Waals surface area contributed by atoms with Gasteiger partial charge in [-0.05, 0) is 48.7 Å². The minimum absolute atomic E-state index is 0.706. The van der Waals surface area contributed by atoms with Crippen molar-refractivity contribution in [3.05, 3.63) is 59.2 Å². The Kier molecular flexibility index (Phi) is 4.84. The van der Waals surface area contributed by atoms with Gasteiger partial charge in [0.15, 0.2) is 0 Å². The van der Waals surface area contributed by atoms with Gasteiger partial charge in [-0.1, -0.05) is 25.1 Å². The van der Waals surface area contributed by atoms with Crippen LogP contribution in [0.25, 0.3) is 0 Å². The summed E-state index contributed by atoms with van der Waals surface area (Å²) in [6.07, 6.45) is 1.06. The fraction of sp³-hybridized carbons (Fsp3) is 0.278. The highest BCUT2D eigenvalue weighted by Crippen LogP contribution is 2.25. The van der Waals surface area contributed by atoms with Gasteiger partial charge in [-0.3, -0.25) is 0 Å². The topological polar surface area (TPSA) is 53.0 Å². The van der Waals surface area contributed by atoms with E-state index in [-0.39, 0.29) is 0 Å². The van der Waals surface area contributed by atoms with E-state index < -0.39 is 0 Å². The van der Waals surface area contributed by atoms with Crippen molar-refractivity contribution in [2.75, 3.05) is 17.2 Å². The molecule has 0 unspecified atom stereocenters. The zero-order valence-electron chi connectivity index (χ0n) is 12.6. The molecule has 0 aliphatic rings. The Hall–Kier alpha value is -2.47. The number of nitrogens with two attached hydrogens (primary N) is 1. The number of rotatable bonds is 5. The zero-order valence-corrected chi connectivity index (χ0v) is 12.6. The van der Waals surface area contributed by atoms with Crippen LogP contribution in [0.3, 0.4) is 0 Å². The zero-order chi connectivity index (χ0) is 15.2. The van der Waals surface area contributed by atoms with Crippen LogP contribution in [0.2, 0.25) is 0 Å². The van der Waals surface area contributed by atoms with Crippen LogP contribution in [0.1, 0.15) is 30.0 Å². The van der Waals surface area contributed by atoms with Crippen molar-refractivity contribution in [2.45, 2.75) is 26.8 Å². The predicted octanol–water partition coefficient (Wildman–Crippen LogP) is 3.87. The normalized spacial score (nSPS) is 10.1. The molecule has 0 aliphatic carbocycles. The largest absolute Gasteiger partial charge is 0.397 e. The van der Waals surface area contributed by atoms with E-state index in [0.717, 1.165) is 36.4 Å². The molecule has 2 aromatic rings. The van der Waals surface area contributed by atoms with E-state index in [0.29, 0.717) is 5.56 Å². The maximum atomic E-state index is 8.96. The van der Waals surface area contributed by atoms with Gasteiger partial charge in [-0.15, -0.1) is 0 Å². The molecule has 0 saturated heterocycles. The highest BCUT2D eigenvalue weighted by Gasteiger charge is 2.11. The van der Waals surface area contributed by atoms with Crippen LogP contribution in [-0.4, -0.2) is 6.54 Å². The van der Waals surface area contributed by atoms with Gasteiger partial charge in [0.05, 0.1) is 23.0 Å². The maximum absolute atomic E-state index is 8.96. The van der Waals surface area contributed by atoms with Crippen LogP contribution in [-0.2, 0) is 6.54 Å². The van der Waals surface area contributed by atoms with E-state index in [2.05, 4.69) is 30.9 Å². The van der Waals surface area contributed by atoms with Gasteiger partial charge in [-0.25, -0.2) is 0 Å². The fourth-order valence-corrected chi connectivity index (χ4v) is 2.48. The van der Waals surface area contributed by atoms with E-state index in [1.807, 2.05) is 36.4 Å². The predicted molar refractivity (Wildman–Crippen MR) is 88.1 cm³/mol. The Morgan fingerprint density at radius 3 is 2.57 bits per heavy atom. The van der Waals surface area contributed by atoms with Gasteiger partial charge >= 0.3 is 0 Å². The highest BCUT2D eigenvalue weighted by molar-refractivity contribution is 5.67. The molecule has 3 nitrogen and oxygen atoms in total. The van der Waals surface area contributed by atoms with Crippen LogP contribution >= 0.6 is 0 Å². The summed E-state index contributed by atoms with van der Waals surface area (Å²) in [6, 6.07) is 16.0. The Morgan fingerprint density at radius 1 is 1.19 bits per heavy atom. The van der Waals surface area contributed by atoms with Gasteiger partial charge < -0.3 is 10.6 Å². The Morgan fingerprint density at radius 2 is 1.95 bits per heavy atom. The molecule has 2 N–H and O–H groups in total. The van der Waals surface area contributed by atoms with Gasteiger partial charge in [0.2, 0.25) is 0 Å².